The molecule has 0 radical (unpaired) electrons. The lowest BCUT2D eigenvalue weighted by Crippen LogP contribution is -2.55. The summed E-state index contributed by atoms with van der Waals surface area (Å²) in [5.74, 6) is -2.08. The van der Waals surface area contributed by atoms with E-state index in [1.54, 1.807) is 32.2 Å². The highest BCUT2D eigenvalue weighted by Gasteiger charge is 2.54. The van der Waals surface area contributed by atoms with E-state index in [1.165, 1.54) is 17.4 Å². The van der Waals surface area contributed by atoms with Gasteiger partial charge in [0.1, 0.15) is 5.01 Å². The fraction of sp³-hybridized carbons (Fsp3) is 0.321. The Kier molecular flexibility index (Phi) is 7.91. The second-order valence-electron chi connectivity index (χ2n) is 9.02. The Morgan fingerprint density at radius 1 is 1.13 bits per heavy atom. The normalized spacial score (nSPS) is 20.9. The number of carbonyl (C=O) groups excluding carboxylic acids is 2. The average Bonchev–Trinajstić information content (AvgIpc) is 3.27. The molecular formula is C28H29N3O6S. The number of carbonyl (C=O) groups is 2. The number of allylic oxidation sites excluding steroid dienone is 1. The monoisotopic (exact) mass is 535 g/mol. The third-order valence-electron chi connectivity index (χ3n) is 6.67. The first-order chi connectivity index (χ1) is 18.2. The molecule has 0 amide bonds. The minimum atomic E-state index is -0.788. The van der Waals surface area contributed by atoms with Crippen LogP contribution in [0.3, 0.4) is 0 Å². The molecule has 3 atom stereocenters. The van der Waals surface area contributed by atoms with Crippen LogP contribution in [0, 0.1) is 16.0 Å². The quantitative estimate of drug-likeness (QED) is 0.191. The van der Waals surface area contributed by atoms with Crippen molar-refractivity contribution >= 4 is 29.0 Å². The Hall–Kier alpha value is -4.05. The van der Waals surface area contributed by atoms with Gasteiger partial charge in [0.2, 0.25) is 0 Å². The Labute approximate surface area is 224 Å². The van der Waals surface area contributed by atoms with Gasteiger partial charge in [0.15, 0.2) is 0 Å². The van der Waals surface area contributed by atoms with Crippen molar-refractivity contribution in [1.29, 1.82) is 0 Å². The Bertz CT molecular complexity index is 1370. The highest BCUT2D eigenvalue weighted by Crippen LogP contribution is 2.49. The fourth-order valence-corrected chi connectivity index (χ4v) is 5.73. The minimum Gasteiger partial charge on any atom is -0.466 e. The lowest BCUT2D eigenvalue weighted by molar-refractivity contribution is -0.383. The largest absolute Gasteiger partial charge is 0.466 e. The molecular weight excluding hydrogens is 506 g/mol. The summed E-state index contributed by atoms with van der Waals surface area (Å²) < 4.78 is 10.8. The number of ether oxygens (including phenoxy) is 2. The van der Waals surface area contributed by atoms with Crippen LogP contribution in [0.2, 0.25) is 0 Å². The van der Waals surface area contributed by atoms with Gasteiger partial charge in [-0.1, -0.05) is 30.3 Å². The molecule has 0 saturated heterocycles. The molecule has 10 heteroatoms. The van der Waals surface area contributed by atoms with Crippen LogP contribution in [0.25, 0.3) is 11.1 Å². The van der Waals surface area contributed by atoms with Crippen molar-refractivity contribution in [3.05, 3.63) is 92.1 Å². The van der Waals surface area contributed by atoms with Crippen molar-refractivity contribution in [1.82, 2.24) is 10.3 Å². The Balaban J connectivity index is 0.000000311. The number of nitro groups is 1. The highest BCUT2D eigenvalue weighted by atomic mass is 32.1. The lowest BCUT2D eigenvalue weighted by Gasteiger charge is -2.46. The number of rotatable bonds is 7. The number of esters is 2. The van der Waals surface area contributed by atoms with Gasteiger partial charge in [0.25, 0.3) is 5.69 Å². The number of thiazole rings is 1. The van der Waals surface area contributed by atoms with E-state index in [0.717, 1.165) is 16.7 Å². The Morgan fingerprint density at radius 3 is 2.34 bits per heavy atom. The zero-order valence-corrected chi connectivity index (χ0v) is 22.4. The van der Waals surface area contributed by atoms with E-state index in [2.05, 4.69) is 10.3 Å². The number of nitrogens with zero attached hydrogens (tertiary/aromatic N) is 2. The molecule has 198 valence electrons. The predicted molar refractivity (Wildman–Crippen MR) is 143 cm³/mol. The van der Waals surface area contributed by atoms with Gasteiger partial charge < -0.3 is 14.8 Å². The van der Waals surface area contributed by atoms with Gasteiger partial charge in [-0.2, -0.15) is 0 Å². The van der Waals surface area contributed by atoms with E-state index < -0.39 is 23.3 Å². The molecule has 3 unspecified atom stereocenters. The van der Waals surface area contributed by atoms with Crippen LogP contribution >= 0.6 is 11.3 Å². The van der Waals surface area contributed by atoms with E-state index >= 15 is 0 Å². The molecule has 38 heavy (non-hydrogen) atoms. The Morgan fingerprint density at radius 2 is 1.84 bits per heavy atom. The standard InChI is InChI=1S/C22H26N2O4S.C6H3NO2/c1-5-27-20(25)16-14(3)24-22(4,15-10-8-7-9-11-15)18(21(26)28-6-2)17(16)19-23-12-13-29-19;8-7(9)6-2-1-4-3-5(4)6/h7-13,17-18,24H,5-6H2,1-4H3;1-3H. The van der Waals surface area contributed by atoms with E-state index in [9.17, 15) is 19.7 Å². The van der Waals surface area contributed by atoms with Gasteiger partial charge in [0.05, 0.1) is 46.6 Å². The molecule has 1 aromatic carbocycles. The van der Waals surface area contributed by atoms with E-state index in [4.69, 9.17) is 9.47 Å². The molecule has 3 aliphatic rings. The average molecular weight is 536 g/mol. The minimum absolute atomic E-state index is 0.241. The molecule has 5 rings (SSSR count). The number of nitrogens with one attached hydrogen (secondary N) is 1. The molecule has 9 nitrogen and oxygen atoms in total. The topological polar surface area (TPSA) is 121 Å². The summed E-state index contributed by atoms with van der Waals surface area (Å²) in [6.45, 7) is 7.85. The number of nitro benzene ring substituents is 1. The van der Waals surface area contributed by atoms with E-state index in [0.29, 0.717) is 16.3 Å². The second kappa shape index (κ2) is 11.1. The van der Waals surface area contributed by atoms with Crippen LogP contribution in [0.5, 0.6) is 0 Å². The van der Waals surface area contributed by atoms with Gasteiger partial charge in [0, 0.05) is 23.3 Å². The van der Waals surface area contributed by atoms with Gasteiger partial charge in [-0.05, 0) is 51.0 Å². The molecule has 2 aromatic rings. The molecule has 1 aromatic heterocycles. The van der Waals surface area contributed by atoms with Crippen molar-refractivity contribution in [3.8, 4) is 11.1 Å². The van der Waals surface area contributed by atoms with Crippen molar-refractivity contribution < 1.29 is 24.0 Å². The van der Waals surface area contributed by atoms with E-state index in [-0.39, 0.29) is 29.8 Å². The molecule has 0 bridgehead atoms. The van der Waals surface area contributed by atoms with Crippen LogP contribution in [0.4, 0.5) is 5.69 Å². The third kappa shape index (κ3) is 5.17. The zero-order valence-electron chi connectivity index (χ0n) is 21.6. The molecule has 2 aliphatic carbocycles. The first-order valence-electron chi connectivity index (χ1n) is 12.3. The molecule has 1 N–H and O–H groups in total. The summed E-state index contributed by atoms with van der Waals surface area (Å²) in [4.78, 5) is 40.4. The van der Waals surface area contributed by atoms with Crippen LogP contribution in [0.1, 0.15) is 44.2 Å². The maximum absolute atomic E-state index is 13.3. The maximum atomic E-state index is 13.3. The van der Waals surface area contributed by atoms with E-state index in [1.807, 2.05) is 49.6 Å². The summed E-state index contributed by atoms with van der Waals surface area (Å²) in [6, 6.07) is 14.8. The van der Waals surface area contributed by atoms with Crippen LogP contribution in [0.15, 0.2) is 71.4 Å². The first-order valence-corrected chi connectivity index (χ1v) is 13.2. The summed E-state index contributed by atoms with van der Waals surface area (Å²) in [7, 11) is 0. The molecule has 0 fully saturated rings. The number of fused-ring (bicyclic) bond motifs is 1. The van der Waals surface area contributed by atoms with Crippen LogP contribution < -0.4 is 5.32 Å². The predicted octanol–water partition coefficient (Wildman–Crippen LogP) is 5.34. The molecule has 0 saturated carbocycles. The van der Waals surface area contributed by atoms with Crippen LogP contribution in [-0.4, -0.2) is 35.1 Å². The fourth-order valence-electron chi connectivity index (χ4n) is 4.95. The third-order valence-corrected chi connectivity index (χ3v) is 7.52. The summed E-state index contributed by atoms with van der Waals surface area (Å²) in [5.41, 5.74) is 3.31. The first kappa shape index (κ1) is 27.0. The summed E-state index contributed by atoms with van der Waals surface area (Å²) in [6.07, 6.45) is 1.68. The molecule has 1 aliphatic heterocycles. The number of hydrogen-bond donors (Lipinski definition) is 1. The number of benzene rings is 2. The maximum Gasteiger partial charge on any atom is 0.336 e. The highest BCUT2D eigenvalue weighted by molar-refractivity contribution is 7.09. The van der Waals surface area contributed by atoms with Crippen LogP contribution in [-0.2, 0) is 24.6 Å². The lowest BCUT2D eigenvalue weighted by atomic mass is 9.67. The van der Waals surface area contributed by atoms with Gasteiger partial charge in [-0.25, -0.2) is 9.78 Å². The number of aromatic nitrogens is 1. The second-order valence-corrected chi connectivity index (χ2v) is 9.95. The van der Waals surface area contributed by atoms with Gasteiger partial charge in [-0.3, -0.25) is 14.9 Å². The van der Waals surface area contributed by atoms with Crippen molar-refractivity contribution in [2.45, 2.75) is 39.2 Å². The zero-order chi connectivity index (χ0) is 27.4. The number of hydrogen-bond acceptors (Lipinski definition) is 9. The molecule has 0 spiro atoms. The SMILES string of the molecule is CCOC(=O)C1=C(C)NC(C)(c2ccccc2)C(C(=O)OCC)C1c1nccs1.O=[N+]([O-])c1ccc2cc1-2. The molecule has 2 heterocycles. The van der Waals surface area contributed by atoms with Crippen molar-refractivity contribution in [2.75, 3.05) is 13.2 Å². The smallest absolute Gasteiger partial charge is 0.336 e. The summed E-state index contributed by atoms with van der Waals surface area (Å²) >= 11 is 1.42. The van der Waals surface area contributed by atoms with Gasteiger partial charge >= 0.3 is 11.9 Å². The van der Waals surface area contributed by atoms with Gasteiger partial charge in [-0.15, -0.1) is 11.3 Å². The summed E-state index contributed by atoms with van der Waals surface area (Å²) in [5, 5.41) is 16.1. The van der Waals surface area contributed by atoms with Crippen molar-refractivity contribution in [2.24, 2.45) is 5.92 Å². The van der Waals surface area contributed by atoms with Crippen molar-refractivity contribution in [3.63, 3.8) is 0 Å².